The summed E-state index contributed by atoms with van der Waals surface area (Å²) in [6.45, 7) is 0.428. The normalized spacial score (nSPS) is 16.9. The molecule has 1 aliphatic rings. The quantitative estimate of drug-likeness (QED) is 0.813. The van der Waals surface area contributed by atoms with Crippen LogP contribution in [-0.2, 0) is 16.6 Å². The summed E-state index contributed by atoms with van der Waals surface area (Å²) >= 11 is 1.11. The third kappa shape index (κ3) is 2.78. The molecule has 1 heterocycles. The number of rotatable bonds is 5. The molecule has 0 radical (unpaired) electrons. The van der Waals surface area contributed by atoms with Gasteiger partial charge in [-0.05, 0) is 30.9 Å². The van der Waals surface area contributed by atoms with Crippen molar-refractivity contribution in [2.75, 3.05) is 6.54 Å². The SMILES string of the molecule is O=S(=O)(NCC1CC1)c1ccc(CO)s1. The summed E-state index contributed by atoms with van der Waals surface area (Å²) in [6, 6.07) is 3.17. The van der Waals surface area contributed by atoms with Crippen LogP contribution >= 0.6 is 11.3 Å². The maximum atomic E-state index is 11.7. The first-order valence-electron chi connectivity index (χ1n) is 4.81. The van der Waals surface area contributed by atoms with Crippen LogP contribution in [0.1, 0.15) is 17.7 Å². The van der Waals surface area contributed by atoms with E-state index in [-0.39, 0.29) is 10.8 Å². The minimum absolute atomic E-state index is 0.108. The molecular formula is C9H13NO3S2. The Morgan fingerprint density at radius 1 is 1.47 bits per heavy atom. The van der Waals surface area contributed by atoms with Gasteiger partial charge in [-0.2, -0.15) is 0 Å². The van der Waals surface area contributed by atoms with Gasteiger partial charge in [-0.15, -0.1) is 11.3 Å². The lowest BCUT2D eigenvalue weighted by Gasteiger charge is -2.02. The van der Waals surface area contributed by atoms with Gasteiger partial charge in [0, 0.05) is 11.4 Å². The number of thiophene rings is 1. The van der Waals surface area contributed by atoms with Crippen molar-refractivity contribution in [2.24, 2.45) is 5.92 Å². The van der Waals surface area contributed by atoms with Crippen LogP contribution in [0.4, 0.5) is 0 Å². The lowest BCUT2D eigenvalue weighted by atomic mass is 10.4. The molecule has 1 fully saturated rings. The van der Waals surface area contributed by atoms with E-state index in [0.29, 0.717) is 17.3 Å². The van der Waals surface area contributed by atoms with Crippen molar-refractivity contribution in [1.29, 1.82) is 0 Å². The van der Waals surface area contributed by atoms with Gasteiger partial charge in [-0.1, -0.05) is 0 Å². The van der Waals surface area contributed by atoms with Gasteiger partial charge in [0.2, 0.25) is 10.0 Å². The maximum absolute atomic E-state index is 11.7. The first-order chi connectivity index (χ1) is 7.12. The Morgan fingerprint density at radius 3 is 2.73 bits per heavy atom. The molecule has 0 amide bonds. The summed E-state index contributed by atoms with van der Waals surface area (Å²) in [5.41, 5.74) is 0. The molecule has 1 aromatic rings. The average molecular weight is 247 g/mol. The topological polar surface area (TPSA) is 66.4 Å². The summed E-state index contributed by atoms with van der Waals surface area (Å²) in [7, 11) is -3.35. The molecule has 1 saturated carbocycles. The lowest BCUT2D eigenvalue weighted by molar-refractivity contribution is 0.285. The minimum Gasteiger partial charge on any atom is -0.391 e. The molecule has 4 nitrogen and oxygen atoms in total. The fourth-order valence-corrected chi connectivity index (χ4v) is 3.58. The summed E-state index contributed by atoms with van der Waals surface area (Å²) in [6.07, 6.45) is 2.24. The van der Waals surface area contributed by atoms with Crippen LogP contribution in [0.25, 0.3) is 0 Å². The summed E-state index contributed by atoms with van der Waals surface area (Å²) in [5, 5.41) is 8.84. The van der Waals surface area contributed by atoms with E-state index in [4.69, 9.17) is 5.11 Å². The van der Waals surface area contributed by atoms with Gasteiger partial charge >= 0.3 is 0 Å². The maximum Gasteiger partial charge on any atom is 0.250 e. The number of sulfonamides is 1. The van der Waals surface area contributed by atoms with Crippen LogP contribution in [0.3, 0.4) is 0 Å². The van der Waals surface area contributed by atoms with Gasteiger partial charge in [0.15, 0.2) is 0 Å². The van der Waals surface area contributed by atoms with Crippen LogP contribution < -0.4 is 4.72 Å². The Bertz CT molecular complexity index is 434. The van der Waals surface area contributed by atoms with Crippen LogP contribution in [0.5, 0.6) is 0 Å². The third-order valence-electron chi connectivity index (χ3n) is 2.32. The summed E-state index contributed by atoms with van der Waals surface area (Å²) in [4.78, 5) is 0.668. The molecule has 0 aliphatic heterocycles. The Kier molecular flexibility index (Phi) is 3.11. The fourth-order valence-electron chi connectivity index (χ4n) is 1.21. The third-order valence-corrected chi connectivity index (χ3v) is 5.30. The lowest BCUT2D eigenvalue weighted by Crippen LogP contribution is -2.25. The molecule has 2 N–H and O–H groups in total. The van der Waals surface area contributed by atoms with Gasteiger partial charge in [-0.25, -0.2) is 13.1 Å². The standard InChI is InChI=1S/C9H13NO3S2/c11-6-8-3-4-9(14-8)15(12,13)10-5-7-1-2-7/h3-4,7,10-11H,1-2,5-6H2. The number of aliphatic hydroxyl groups excluding tert-OH is 1. The number of nitrogens with one attached hydrogen (secondary N) is 1. The predicted octanol–water partition coefficient (Wildman–Crippen LogP) is 0.929. The van der Waals surface area contributed by atoms with Crippen molar-refractivity contribution in [3.05, 3.63) is 17.0 Å². The minimum atomic E-state index is -3.35. The van der Waals surface area contributed by atoms with Gasteiger partial charge < -0.3 is 5.11 Å². The molecule has 6 heteroatoms. The van der Waals surface area contributed by atoms with Crippen LogP contribution in [0.15, 0.2) is 16.3 Å². The molecule has 2 rings (SSSR count). The number of hydrogen-bond acceptors (Lipinski definition) is 4. The second-order valence-corrected chi connectivity index (χ2v) is 6.84. The van der Waals surface area contributed by atoms with E-state index in [1.54, 1.807) is 6.07 Å². The van der Waals surface area contributed by atoms with Crippen LogP contribution in [0, 0.1) is 5.92 Å². The van der Waals surface area contributed by atoms with E-state index < -0.39 is 10.0 Å². The highest BCUT2D eigenvalue weighted by molar-refractivity contribution is 7.91. The first kappa shape index (κ1) is 11.1. The summed E-state index contributed by atoms with van der Waals surface area (Å²) < 4.78 is 26.3. The Labute approximate surface area is 93.0 Å². The monoisotopic (exact) mass is 247 g/mol. The molecule has 0 bridgehead atoms. The number of aliphatic hydroxyl groups is 1. The molecule has 1 aromatic heterocycles. The van der Waals surface area contributed by atoms with Crippen LogP contribution in [0.2, 0.25) is 0 Å². The van der Waals surface area contributed by atoms with Crippen molar-refractivity contribution in [3.8, 4) is 0 Å². The highest BCUT2D eigenvalue weighted by atomic mass is 32.2. The first-order valence-corrected chi connectivity index (χ1v) is 7.11. The zero-order valence-corrected chi connectivity index (χ0v) is 9.77. The largest absolute Gasteiger partial charge is 0.391 e. The molecule has 0 saturated heterocycles. The molecule has 0 spiro atoms. The second-order valence-electron chi connectivity index (χ2n) is 3.67. The number of hydrogen-bond donors (Lipinski definition) is 2. The fraction of sp³-hybridized carbons (Fsp3) is 0.556. The molecule has 0 unspecified atom stereocenters. The molecule has 0 atom stereocenters. The smallest absolute Gasteiger partial charge is 0.250 e. The Balaban J connectivity index is 2.05. The van der Waals surface area contributed by atoms with Gasteiger partial charge in [0.1, 0.15) is 4.21 Å². The van der Waals surface area contributed by atoms with Crippen molar-refractivity contribution < 1.29 is 13.5 Å². The van der Waals surface area contributed by atoms with E-state index in [1.807, 2.05) is 0 Å². The predicted molar refractivity (Wildman–Crippen MR) is 58.2 cm³/mol. The van der Waals surface area contributed by atoms with Crippen molar-refractivity contribution in [3.63, 3.8) is 0 Å². The zero-order valence-electron chi connectivity index (χ0n) is 8.14. The van der Waals surface area contributed by atoms with Gasteiger partial charge in [0.05, 0.1) is 6.61 Å². The molecule has 1 aliphatic carbocycles. The van der Waals surface area contributed by atoms with E-state index >= 15 is 0 Å². The molecular weight excluding hydrogens is 234 g/mol. The van der Waals surface area contributed by atoms with Crippen LogP contribution in [-0.4, -0.2) is 20.1 Å². The van der Waals surface area contributed by atoms with Gasteiger partial charge in [0.25, 0.3) is 0 Å². The van der Waals surface area contributed by atoms with Crippen molar-refractivity contribution in [1.82, 2.24) is 4.72 Å². The Hall–Kier alpha value is -0.430. The van der Waals surface area contributed by atoms with Crippen molar-refractivity contribution >= 4 is 21.4 Å². The highest BCUT2D eigenvalue weighted by Crippen LogP contribution is 2.28. The molecule has 15 heavy (non-hydrogen) atoms. The average Bonchev–Trinajstić information content (AvgIpc) is 2.90. The molecule has 84 valence electrons. The summed E-state index contributed by atoms with van der Waals surface area (Å²) in [5.74, 6) is 0.525. The van der Waals surface area contributed by atoms with E-state index in [2.05, 4.69) is 4.72 Å². The second kappa shape index (κ2) is 4.21. The van der Waals surface area contributed by atoms with E-state index in [0.717, 1.165) is 24.2 Å². The van der Waals surface area contributed by atoms with Gasteiger partial charge in [-0.3, -0.25) is 0 Å². The van der Waals surface area contributed by atoms with E-state index in [9.17, 15) is 8.42 Å². The highest BCUT2D eigenvalue weighted by Gasteiger charge is 2.24. The zero-order chi connectivity index (χ0) is 10.9. The molecule has 0 aromatic carbocycles. The van der Waals surface area contributed by atoms with Crippen molar-refractivity contribution in [2.45, 2.75) is 23.7 Å². The van der Waals surface area contributed by atoms with E-state index in [1.165, 1.54) is 6.07 Å². The Morgan fingerprint density at radius 2 is 2.20 bits per heavy atom.